The van der Waals surface area contributed by atoms with E-state index in [9.17, 15) is 17.2 Å². The number of sulfonamides is 1. The van der Waals surface area contributed by atoms with E-state index in [-0.39, 0.29) is 23.1 Å². The second-order valence-electron chi connectivity index (χ2n) is 8.84. The Labute approximate surface area is 223 Å². The van der Waals surface area contributed by atoms with E-state index in [0.717, 1.165) is 0 Å². The molecule has 1 aliphatic heterocycles. The molecule has 0 saturated heterocycles. The van der Waals surface area contributed by atoms with E-state index in [2.05, 4.69) is 4.98 Å². The standard InChI is InChI=1S/C28H24F2N2O6S/c1-35-28(10-12-36-13-11-28)20-14-22(30)16-23(15-20)37-17-25-32-26(18-2-6-21(29)7-3-18)27(38-25)19-4-8-24(9-5-19)39(31,33)34/h2-10,12,14-16H,11,13,17H2,1H3,(H2,31,33,34). The van der Waals surface area contributed by atoms with Gasteiger partial charge in [0.15, 0.2) is 12.4 Å². The fraction of sp³-hybridized carbons (Fsp3) is 0.179. The van der Waals surface area contributed by atoms with Crippen molar-refractivity contribution in [3.8, 4) is 28.3 Å². The van der Waals surface area contributed by atoms with Crippen LogP contribution in [-0.2, 0) is 31.7 Å². The van der Waals surface area contributed by atoms with E-state index < -0.39 is 27.3 Å². The van der Waals surface area contributed by atoms with Crippen molar-refractivity contribution >= 4 is 10.0 Å². The van der Waals surface area contributed by atoms with Gasteiger partial charge in [0, 0.05) is 30.7 Å². The molecule has 3 aromatic carbocycles. The Morgan fingerprint density at radius 3 is 2.36 bits per heavy atom. The molecule has 202 valence electrons. The van der Waals surface area contributed by atoms with Gasteiger partial charge in [0.2, 0.25) is 15.9 Å². The summed E-state index contributed by atoms with van der Waals surface area (Å²) in [6.45, 7) is 0.270. The van der Waals surface area contributed by atoms with Crippen LogP contribution in [-0.4, -0.2) is 27.1 Å². The number of benzene rings is 3. The molecule has 0 fully saturated rings. The largest absolute Gasteiger partial charge is 0.501 e. The smallest absolute Gasteiger partial charge is 0.238 e. The van der Waals surface area contributed by atoms with Crippen molar-refractivity contribution in [2.45, 2.75) is 23.5 Å². The van der Waals surface area contributed by atoms with Crippen molar-refractivity contribution in [2.24, 2.45) is 5.14 Å². The van der Waals surface area contributed by atoms with Crippen molar-refractivity contribution in [1.29, 1.82) is 0 Å². The lowest BCUT2D eigenvalue weighted by molar-refractivity contribution is -0.00921. The van der Waals surface area contributed by atoms with Gasteiger partial charge >= 0.3 is 0 Å². The molecule has 39 heavy (non-hydrogen) atoms. The second kappa shape index (κ2) is 10.6. The third-order valence-corrected chi connectivity index (χ3v) is 7.27. The SMILES string of the molecule is COC1(c2cc(F)cc(OCc3nc(-c4ccc(F)cc4)c(-c4ccc(S(N)(=O)=O)cc4)o3)c2)C=COCC1. The van der Waals surface area contributed by atoms with E-state index in [1.54, 1.807) is 31.4 Å². The highest BCUT2D eigenvalue weighted by Crippen LogP contribution is 2.37. The Morgan fingerprint density at radius 1 is 1.00 bits per heavy atom. The predicted molar refractivity (Wildman–Crippen MR) is 138 cm³/mol. The third-order valence-electron chi connectivity index (χ3n) is 6.35. The first-order valence-electron chi connectivity index (χ1n) is 11.8. The number of aromatic nitrogens is 1. The molecule has 0 spiro atoms. The summed E-state index contributed by atoms with van der Waals surface area (Å²) in [5.41, 5.74) is 1.19. The Balaban J connectivity index is 1.47. The number of halogens is 2. The minimum absolute atomic E-state index is 0.0623. The molecule has 0 amide bonds. The van der Waals surface area contributed by atoms with Gasteiger partial charge in [0.05, 0.1) is 17.8 Å². The Morgan fingerprint density at radius 2 is 1.72 bits per heavy atom. The molecule has 2 heterocycles. The normalized spacial score (nSPS) is 17.1. The summed E-state index contributed by atoms with van der Waals surface area (Å²) < 4.78 is 74.3. The summed E-state index contributed by atoms with van der Waals surface area (Å²) in [6.07, 6.45) is 3.75. The first kappa shape index (κ1) is 26.5. The molecule has 0 radical (unpaired) electrons. The predicted octanol–water partition coefficient (Wildman–Crippen LogP) is 5.29. The molecule has 2 N–H and O–H groups in total. The number of methoxy groups -OCH3 is 1. The maximum Gasteiger partial charge on any atom is 0.238 e. The maximum atomic E-state index is 14.6. The van der Waals surface area contributed by atoms with Crippen LogP contribution in [0.1, 0.15) is 17.9 Å². The van der Waals surface area contributed by atoms with E-state index in [1.807, 2.05) is 0 Å². The average Bonchev–Trinajstić information content (AvgIpc) is 3.36. The highest BCUT2D eigenvalue weighted by Gasteiger charge is 2.32. The lowest BCUT2D eigenvalue weighted by atomic mass is 9.89. The highest BCUT2D eigenvalue weighted by molar-refractivity contribution is 7.89. The summed E-state index contributed by atoms with van der Waals surface area (Å²) in [7, 11) is -2.34. The zero-order valence-electron chi connectivity index (χ0n) is 20.8. The lowest BCUT2D eigenvalue weighted by Gasteiger charge is -2.32. The van der Waals surface area contributed by atoms with Crippen LogP contribution in [0.5, 0.6) is 5.75 Å². The first-order valence-corrected chi connectivity index (χ1v) is 13.4. The van der Waals surface area contributed by atoms with Crippen LogP contribution in [0, 0.1) is 11.6 Å². The van der Waals surface area contributed by atoms with Gasteiger partial charge in [0.1, 0.15) is 28.7 Å². The van der Waals surface area contributed by atoms with Crippen molar-refractivity contribution in [1.82, 2.24) is 4.98 Å². The summed E-state index contributed by atoms with van der Waals surface area (Å²) in [5, 5.41) is 5.21. The summed E-state index contributed by atoms with van der Waals surface area (Å²) in [4.78, 5) is 4.47. The average molecular weight is 555 g/mol. The molecule has 0 aliphatic carbocycles. The fourth-order valence-corrected chi connectivity index (χ4v) is 4.82. The van der Waals surface area contributed by atoms with Crippen molar-refractivity contribution in [3.05, 3.63) is 102 Å². The number of ether oxygens (including phenoxy) is 3. The monoisotopic (exact) mass is 554 g/mol. The molecule has 1 aromatic heterocycles. The number of nitrogens with two attached hydrogens (primary N) is 1. The molecular formula is C28H24F2N2O6S. The Hall–Kier alpha value is -4.06. The number of primary sulfonamides is 1. The molecule has 0 saturated carbocycles. The number of hydrogen-bond donors (Lipinski definition) is 1. The topological polar surface area (TPSA) is 114 Å². The van der Waals surface area contributed by atoms with Gasteiger partial charge in [-0.2, -0.15) is 0 Å². The highest BCUT2D eigenvalue weighted by atomic mass is 32.2. The van der Waals surface area contributed by atoms with E-state index in [4.69, 9.17) is 23.8 Å². The third kappa shape index (κ3) is 5.70. The zero-order valence-corrected chi connectivity index (χ0v) is 21.6. The van der Waals surface area contributed by atoms with Crippen molar-refractivity contribution in [3.63, 3.8) is 0 Å². The molecule has 4 aromatic rings. The summed E-state index contributed by atoms with van der Waals surface area (Å²) in [5.74, 6) is -0.208. The molecule has 1 unspecified atom stereocenters. The van der Waals surface area contributed by atoms with E-state index >= 15 is 0 Å². The van der Waals surface area contributed by atoms with Crippen molar-refractivity contribution in [2.75, 3.05) is 13.7 Å². The Kier molecular flexibility index (Phi) is 7.21. The molecule has 11 heteroatoms. The van der Waals surface area contributed by atoms with Crippen LogP contribution in [0.4, 0.5) is 8.78 Å². The van der Waals surface area contributed by atoms with Crippen LogP contribution >= 0.6 is 0 Å². The van der Waals surface area contributed by atoms with Gasteiger partial charge in [-0.1, -0.05) is 0 Å². The number of nitrogens with zero attached hydrogens (tertiary/aromatic N) is 1. The fourth-order valence-electron chi connectivity index (χ4n) is 4.31. The summed E-state index contributed by atoms with van der Waals surface area (Å²) in [6, 6.07) is 15.7. The van der Waals surface area contributed by atoms with Crippen LogP contribution in [0.15, 0.2) is 88.4 Å². The molecule has 0 bridgehead atoms. The van der Waals surface area contributed by atoms with Crippen molar-refractivity contribution < 1.29 is 35.8 Å². The van der Waals surface area contributed by atoms with Gasteiger partial charge in [-0.15, -0.1) is 0 Å². The number of rotatable bonds is 8. The van der Waals surface area contributed by atoms with Crippen LogP contribution in [0.2, 0.25) is 0 Å². The van der Waals surface area contributed by atoms with Gasteiger partial charge < -0.3 is 18.6 Å². The van der Waals surface area contributed by atoms with Crippen LogP contribution < -0.4 is 9.88 Å². The molecule has 1 aliphatic rings. The molecule has 1 atom stereocenters. The van der Waals surface area contributed by atoms with Gasteiger partial charge in [-0.25, -0.2) is 27.3 Å². The Bertz CT molecular complexity index is 1620. The lowest BCUT2D eigenvalue weighted by Crippen LogP contribution is -2.30. The zero-order chi connectivity index (χ0) is 27.6. The quantitative estimate of drug-likeness (QED) is 0.315. The van der Waals surface area contributed by atoms with E-state index in [0.29, 0.717) is 41.2 Å². The van der Waals surface area contributed by atoms with Gasteiger partial charge in [0.25, 0.3) is 0 Å². The first-order chi connectivity index (χ1) is 18.7. The number of oxazole rings is 1. The van der Waals surface area contributed by atoms with Gasteiger partial charge in [-0.3, -0.25) is 0 Å². The van der Waals surface area contributed by atoms with Crippen LogP contribution in [0.3, 0.4) is 0 Å². The molecule has 5 rings (SSSR count). The molecule has 8 nitrogen and oxygen atoms in total. The maximum absolute atomic E-state index is 14.6. The van der Waals surface area contributed by atoms with Crippen LogP contribution in [0.25, 0.3) is 22.6 Å². The minimum Gasteiger partial charge on any atom is -0.501 e. The summed E-state index contributed by atoms with van der Waals surface area (Å²) >= 11 is 0. The molecular weight excluding hydrogens is 530 g/mol. The van der Waals surface area contributed by atoms with E-state index in [1.165, 1.54) is 54.8 Å². The van der Waals surface area contributed by atoms with Gasteiger partial charge in [-0.05, 0) is 72.3 Å². The number of hydrogen-bond acceptors (Lipinski definition) is 7. The minimum atomic E-state index is -3.88. The second-order valence-corrected chi connectivity index (χ2v) is 10.4.